The molecule has 1 unspecified atom stereocenters. The van der Waals surface area contributed by atoms with Gasteiger partial charge in [0.15, 0.2) is 0 Å². The molecular weight excluding hydrogens is 252 g/mol. The molecule has 0 rings (SSSR count). The first-order valence-corrected chi connectivity index (χ1v) is 7.12. The van der Waals surface area contributed by atoms with Gasteiger partial charge in [-0.25, -0.2) is 0 Å². The Bertz CT molecular complexity index is 364. The highest BCUT2D eigenvalue weighted by Gasteiger charge is 2.23. The van der Waals surface area contributed by atoms with E-state index in [0.717, 1.165) is 5.57 Å². The van der Waals surface area contributed by atoms with Crippen LogP contribution < -0.4 is 0 Å². The number of carbonyl (C=O) groups is 1. The summed E-state index contributed by atoms with van der Waals surface area (Å²) in [6.07, 6.45) is 8.54. The first-order chi connectivity index (χ1) is 9.34. The number of hydrogen-bond donors (Lipinski definition) is 0. The molecule has 0 fully saturated rings. The van der Waals surface area contributed by atoms with Crippen LogP contribution >= 0.6 is 0 Å². The van der Waals surface area contributed by atoms with E-state index in [4.69, 9.17) is 9.47 Å². The molecule has 0 N–H and O–H groups in total. The van der Waals surface area contributed by atoms with Gasteiger partial charge in [-0.2, -0.15) is 0 Å². The van der Waals surface area contributed by atoms with Crippen molar-refractivity contribution < 1.29 is 14.3 Å². The Labute approximate surface area is 123 Å². The van der Waals surface area contributed by atoms with Gasteiger partial charge in [0.2, 0.25) is 0 Å². The van der Waals surface area contributed by atoms with Gasteiger partial charge in [0.1, 0.15) is 6.10 Å². The SMILES string of the molecule is C=C/C=C\C(=C/C)COC(C)(C)CC(C)OC(=O)CC. The van der Waals surface area contributed by atoms with Gasteiger partial charge in [0.25, 0.3) is 0 Å². The van der Waals surface area contributed by atoms with Gasteiger partial charge in [-0.3, -0.25) is 4.79 Å². The van der Waals surface area contributed by atoms with E-state index < -0.39 is 0 Å². The molecule has 0 spiro atoms. The van der Waals surface area contributed by atoms with Crippen molar-refractivity contribution >= 4 is 5.97 Å². The Hall–Kier alpha value is -1.35. The first kappa shape index (κ1) is 18.7. The summed E-state index contributed by atoms with van der Waals surface area (Å²) < 4.78 is 11.2. The third kappa shape index (κ3) is 8.70. The molecule has 0 aromatic rings. The van der Waals surface area contributed by atoms with Crippen LogP contribution in [0.4, 0.5) is 0 Å². The lowest BCUT2D eigenvalue weighted by Gasteiger charge is -2.28. The monoisotopic (exact) mass is 280 g/mol. The number of hydrogen-bond acceptors (Lipinski definition) is 3. The van der Waals surface area contributed by atoms with Crippen molar-refractivity contribution in [3.63, 3.8) is 0 Å². The van der Waals surface area contributed by atoms with Gasteiger partial charge in [-0.05, 0) is 33.3 Å². The minimum absolute atomic E-state index is 0.143. The predicted molar refractivity (Wildman–Crippen MR) is 83.6 cm³/mol. The molecule has 3 heteroatoms. The van der Waals surface area contributed by atoms with E-state index in [9.17, 15) is 4.79 Å². The zero-order valence-electron chi connectivity index (χ0n) is 13.4. The molecule has 1 atom stereocenters. The van der Waals surface area contributed by atoms with Gasteiger partial charge in [-0.15, -0.1) is 0 Å². The summed E-state index contributed by atoms with van der Waals surface area (Å²) in [6.45, 7) is 13.9. The van der Waals surface area contributed by atoms with E-state index in [1.54, 1.807) is 13.0 Å². The average Bonchev–Trinajstić information content (AvgIpc) is 2.37. The van der Waals surface area contributed by atoms with E-state index >= 15 is 0 Å². The van der Waals surface area contributed by atoms with Crippen LogP contribution in [0, 0.1) is 0 Å². The minimum atomic E-state index is -0.344. The molecule has 0 radical (unpaired) electrons. The summed E-state index contributed by atoms with van der Waals surface area (Å²) in [5.74, 6) is -0.170. The predicted octanol–water partition coefficient (Wildman–Crippen LogP) is 4.20. The molecule has 0 aliphatic heterocycles. The molecule has 0 aliphatic carbocycles. The van der Waals surface area contributed by atoms with E-state index in [1.165, 1.54) is 0 Å². The Morgan fingerprint density at radius 1 is 1.40 bits per heavy atom. The zero-order valence-corrected chi connectivity index (χ0v) is 13.4. The molecule has 0 saturated heterocycles. The number of ether oxygens (including phenoxy) is 2. The maximum Gasteiger partial charge on any atom is 0.305 e. The second-order valence-electron chi connectivity index (χ2n) is 5.36. The Morgan fingerprint density at radius 3 is 2.55 bits per heavy atom. The third-order valence-corrected chi connectivity index (χ3v) is 2.85. The van der Waals surface area contributed by atoms with Crippen molar-refractivity contribution in [2.75, 3.05) is 6.61 Å². The second kappa shape index (κ2) is 9.54. The molecule has 0 amide bonds. The summed E-state index contributed by atoms with van der Waals surface area (Å²) in [5, 5.41) is 0. The number of allylic oxidation sites excluding steroid dienone is 3. The summed E-state index contributed by atoms with van der Waals surface area (Å²) >= 11 is 0. The van der Waals surface area contributed by atoms with Crippen molar-refractivity contribution in [3.8, 4) is 0 Å². The molecular formula is C17H28O3. The molecule has 0 aliphatic rings. The van der Waals surface area contributed by atoms with Crippen LogP contribution in [0.5, 0.6) is 0 Å². The molecule has 20 heavy (non-hydrogen) atoms. The van der Waals surface area contributed by atoms with Crippen molar-refractivity contribution in [1.29, 1.82) is 0 Å². The van der Waals surface area contributed by atoms with Gasteiger partial charge < -0.3 is 9.47 Å². The van der Waals surface area contributed by atoms with Crippen molar-refractivity contribution in [1.82, 2.24) is 0 Å². The van der Waals surface area contributed by atoms with E-state index in [1.807, 2.05) is 45.9 Å². The van der Waals surface area contributed by atoms with Crippen LogP contribution in [0.3, 0.4) is 0 Å². The first-order valence-electron chi connectivity index (χ1n) is 7.12. The number of rotatable bonds is 9. The third-order valence-electron chi connectivity index (χ3n) is 2.85. The Kier molecular flexibility index (Phi) is 8.89. The lowest BCUT2D eigenvalue weighted by molar-refractivity contribution is -0.151. The van der Waals surface area contributed by atoms with Crippen LogP contribution in [0.2, 0.25) is 0 Å². The summed E-state index contributed by atoms with van der Waals surface area (Å²) in [6, 6.07) is 0. The molecule has 3 nitrogen and oxygen atoms in total. The lowest BCUT2D eigenvalue weighted by atomic mass is 10.0. The van der Waals surface area contributed by atoms with E-state index in [-0.39, 0.29) is 17.7 Å². The normalized spacial score (nSPS) is 14.3. The fourth-order valence-corrected chi connectivity index (χ4v) is 1.80. The number of esters is 1. The quantitative estimate of drug-likeness (QED) is 0.469. The molecule has 114 valence electrons. The summed E-state index contributed by atoms with van der Waals surface area (Å²) in [7, 11) is 0. The maximum atomic E-state index is 11.2. The van der Waals surface area contributed by atoms with Gasteiger partial charge in [-0.1, -0.05) is 37.8 Å². The smallest absolute Gasteiger partial charge is 0.305 e. The van der Waals surface area contributed by atoms with Gasteiger partial charge in [0.05, 0.1) is 12.2 Å². The standard InChI is InChI=1S/C17H28O3/c1-7-10-11-15(8-2)13-19-17(5,6)12-14(4)20-16(18)9-3/h7-8,10-11,14H,1,9,12-13H2,2-6H3/b11-10-,15-8+. The highest BCUT2D eigenvalue weighted by molar-refractivity contribution is 5.69. The molecule has 0 heterocycles. The van der Waals surface area contributed by atoms with E-state index in [2.05, 4.69) is 6.58 Å². The van der Waals surface area contributed by atoms with Crippen LogP contribution in [0.25, 0.3) is 0 Å². The summed E-state index contributed by atoms with van der Waals surface area (Å²) in [5.41, 5.74) is 0.750. The number of carbonyl (C=O) groups excluding carboxylic acids is 1. The lowest BCUT2D eigenvalue weighted by Crippen LogP contribution is -2.31. The van der Waals surface area contributed by atoms with Crippen molar-refractivity contribution in [2.24, 2.45) is 0 Å². The van der Waals surface area contributed by atoms with Crippen LogP contribution in [-0.2, 0) is 14.3 Å². The molecule has 0 aromatic heterocycles. The Balaban J connectivity index is 4.33. The van der Waals surface area contributed by atoms with Crippen LogP contribution in [0.15, 0.2) is 36.5 Å². The largest absolute Gasteiger partial charge is 0.463 e. The highest BCUT2D eigenvalue weighted by atomic mass is 16.5. The minimum Gasteiger partial charge on any atom is -0.463 e. The van der Waals surface area contributed by atoms with Crippen molar-refractivity contribution in [2.45, 2.75) is 59.2 Å². The summed E-state index contributed by atoms with van der Waals surface area (Å²) in [4.78, 5) is 11.2. The fourth-order valence-electron chi connectivity index (χ4n) is 1.80. The second-order valence-corrected chi connectivity index (χ2v) is 5.36. The molecule has 0 aromatic carbocycles. The fraction of sp³-hybridized carbons (Fsp3) is 0.588. The van der Waals surface area contributed by atoms with E-state index in [0.29, 0.717) is 19.4 Å². The van der Waals surface area contributed by atoms with Gasteiger partial charge >= 0.3 is 5.97 Å². The Morgan fingerprint density at radius 2 is 2.05 bits per heavy atom. The van der Waals surface area contributed by atoms with Gasteiger partial charge in [0, 0.05) is 12.8 Å². The van der Waals surface area contributed by atoms with Crippen LogP contribution in [-0.4, -0.2) is 24.3 Å². The zero-order chi connectivity index (χ0) is 15.6. The topological polar surface area (TPSA) is 35.5 Å². The molecule has 0 saturated carbocycles. The highest BCUT2D eigenvalue weighted by Crippen LogP contribution is 2.20. The van der Waals surface area contributed by atoms with Crippen LogP contribution in [0.1, 0.15) is 47.5 Å². The van der Waals surface area contributed by atoms with Crippen molar-refractivity contribution in [3.05, 3.63) is 36.5 Å². The average molecular weight is 280 g/mol. The molecule has 0 bridgehead atoms. The maximum absolute atomic E-state index is 11.2.